The van der Waals surface area contributed by atoms with Gasteiger partial charge in [0.05, 0.1) is 16.3 Å². The number of nitrogens with zero attached hydrogens (tertiary/aromatic N) is 2. The third kappa shape index (κ3) is 2.31. The zero-order chi connectivity index (χ0) is 11.5. The van der Waals surface area contributed by atoms with Crippen LogP contribution < -0.4 is 5.32 Å². The highest BCUT2D eigenvalue weighted by molar-refractivity contribution is 7.18. The van der Waals surface area contributed by atoms with Gasteiger partial charge in [0.1, 0.15) is 12.1 Å². The summed E-state index contributed by atoms with van der Waals surface area (Å²) in [7, 11) is 0. The maximum absolute atomic E-state index is 9.18. The van der Waals surface area contributed by atoms with Gasteiger partial charge in [-0.05, 0) is 31.2 Å². The van der Waals surface area contributed by atoms with Crippen molar-refractivity contribution in [1.29, 1.82) is 0 Å². The molecule has 2 heterocycles. The molecule has 2 aromatic rings. The Morgan fingerprint density at radius 3 is 3.06 bits per heavy atom. The predicted molar refractivity (Wildman–Crippen MR) is 66.9 cm³/mol. The third-order valence-corrected chi connectivity index (χ3v) is 3.48. The highest BCUT2D eigenvalue weighted by Gasteiger charge is 2.07. The second-order valence-electron chi connectivity index (χ2n) is 3.88. The van der Waals surface area contributed by atoms with E-state index in [0.717, 1.165) is 29.0 Å². The molecule has 0 aliphatic rings. The molecule has 0 saturated carbocycles. The largest absolute Gasteiger partial charge is 0.393 e. The molecule has 0 bridgehead atoms. The molecule has 1 atom stereocenters. The summed E-state index contributed by atoms with van der Waals surface area (Å²) in [6.07, 6.45) is 2.01. The van der Waals surface area contributed by atoms with Crippen molar-refractivity contribution in [3.8, 4) is 0 Å². The van der Waals surface area contributed by atoms with Crippen LogP contribution in [0.1, 0.15) is 18.9 Å². The summed E-state index contributed by atoms with van der Waals surface area (Å²) in [6.45, 7) is 4.55. The Morgan fingerprint density at radius 2 is 2.31 bits per heavy atom. The van der Waals surface area contributed by atoms with Gasteiger partial charge in [-0.2, -0.15) is 0 Å². The minimum Gasteiger partial charge on any atom is -0.393 e. The summed E-state index contributed by atoms with van der Waals surface area (Å²) in [5, 5.41) is 14.5. The number of hydrogen-bond acceptors (Lipinski definition) is 5. The monoisotopic (exact) mass is 237 g/mol. The van der Waals surface area contributed by atoms with Crippen LogP contribution >= 0.6 is 11.3 Å². The van der Waals surface area contributed by atoms with Gasteiger partial charge in [-0.15, -0.1) is 11.3 Å². The van der Waals surface area contributed by atoms with Crippen LogP contribution in [0.2, 0.25) is 0 Å². The highest BCUT2D eigenvalue weighted by atomic mass is 32.1. The lowest BCUT2D eigenvalue weighted by Crippen LogP contribution is -2.10. The number of aryl methyl sites for hydroxylation is 1. The van der Waals surface area contributed by atoms with E-state index in [4.69, 9.17) is 0 Å². The second-order valence-corrected chi connectivity index (χ2v) is 4.76. The molecule has 0 amide bonds. The maximum atomic E-state index is 9.18. The molecule has 2 rings (SSSR count). The van der Waals surface area contributed by atoms with Gasteiger partial charge in [0, 0.05) is 6.54 Å². The predicted octanol–water partition coefficient (Wildman–Crippen LogP) is 2.18. The average Bonchev–Trinajstić information content (AvgIpc) is 2.61. The number of aromatic nitrogens is 2. The van der Waals surface area contributed by atoms with Crippen LogP contribution in [0.5, 0.6) is 0 Å². The fraction of sp³-hybridized carbons (Fsp3) is 0.455. The molecule has 0 fully saturated rings. The molecule has 0 radical (unpaired) electrons. The van der Waals surface area contributed by atoms with Crippen LogP contribution in [0.4, 0.5) is 5.82 Å². The Kier molecular flexibility index (Phi) is 3.36. The van der Waals surface area contributed by atoms with Crippen molar-refractivity contribution in [2.45, 2.75) is 26.4 Å². The Labute approximate surface area is 98.4 Å². The van der Waals surface area contributed by atoms with Crippen molar-refractivity contribution in [1.82, 2.24) is 9.97 Å². The first kappa shape index (κ1) is 11.3. The highest BCUT2D eigenvalue weighted by Crippen LogP contribution is 2.28. The minimum atomic E-state index is -0.283. The van der Waals surface area contributed by atoms with Crippen LogP contribution in [-0.4, -0.2) is 27.7 Å². The normalized spacial score (nSPS) is 12.9. The van der Waals surface area contributed by atoms with Crippen LogP contribution in [-0.2, 0) is 0 Å². The van der Waals surface area contributed by atoms with Crippen LogP contribution in [0, 0.1) is 6.92 Å². The molecule has 16 heavy (non-hydrogen) atoms. The summed E-state index contributed by atoms with van der Waals surface area (Å²) in [5.74, 6) is 0.865. The molecule has 5 heteroatoms. The van der Waals surface area contributed by atoms with Gasteiger partial charge < -0.3 is 10.4 Å². The van der Waals surface area contributed by atoms with Gasteiger partial charge in [0.25, 0.3) is 0 Å². The van der Waals surface area contributed by atoms with E-state index in [2.05, 4.69) is 20.7 Å². The molecule has 4 nitrogen and oxygen atoms in total. The van der Waals surface area contributed by atoms with E-state index in [0.29, 0.717) is 0 Å². The molecule has 0 spiro atoms. The van der Waals surface area contributed by atoms with Crippen LogP contribution in [0.3, 0.4) is 0 Å². The number of nitrogens with one attached hydrogen (secondary N) is 1. The van der Waals surface area contributed by atoms with Gasteiger partial charge >= 0.3 is 0 Å². The first-order valence-electron chi connectivity index (χ1n) is 5.29. The molecule has 0 aliphatic carbocycles. The Morgan fingerprint density at radius 1 is 1.50 bits per heavy atom. The van der Waals surface area contributed by atoms with E-state index in [1.165, 1.54) is 5.56 Å². The maximum Gasteiger partial charge on any atom is 0.147 e. The number of rotatable bonds is 4. The van der Waals surface area contributed by atoms with E-state index >= 15 is 0 Å². The zero-order valence-electron chi connectivity index (χ0n) is 9.40. The van der Waals surface area contributed by atoms with E-state index in [-0.39, 0.29) is 6.10 Å². The quantitative estimate of drug-likeness (QED) is 0.855. The lowest BCUT2D eigenvalue weighted by Gasteiger charge is -2.07. The number of hydrogen-bond donors (Lipinski definition) is 2. The molecule has 2 N–H and O–H groups in total. The van der Waals surface area contributed by atoms with Crippen molar-refractivity contribution >= 4 is 27.4 Å². The average molecular weight is 237 g/mol. The number of aliphatic hydroxyl groups excluding tert-OH is 1. The first-order chi connectivity index (χ1) is 7.68. The van der Waals surface area contributed by atoms with Crippen LogP contribution in [0.15, 0.2) is 11.7 Å². The zero-order valence-corrected chi connectivity index (χ0v) is 10.2. The first-order valence-corrected chi connectivity index (χ1v) is 6.17. The number of aliphatic hydroxyl groups is 1. The summed E-state index contributed by atoms with van der Waals surface area (Å²) in [5.41, 5.74) is 2.19. The lowest BCUT2D eigenvalue weighted by molar-refractivity contribution is 0.188. The van der Waals surface area contributed by atoms with Gasteiger partial charge in [-0.1, -0.05) is 0 Å². The van der Waals surface area contributed by atoms with Gasteiger partial charge in [-0.25, -0.2) is 9.97 Å². The van der Waals surface area contributed by atoms with Crippen molar-refractivity contribution in [2.75, 3.05) is 11.9 Å². The number of fused-ring (bicyclic) bond motifs is 1. The molecule has 0 aliphatic heterocycles. The number of anilines is 1. The van der Waals surface area contributed by atoms with Gasteiger partial charge in [0.2, 0.25) is 0 Å². The topological polar surface area (TPSA) is 58.0 Å². The smallest absolute Gasteiger partial charge is 0.147 e. The van der Waals surface area contributed by atoms with E-state index < -0.39 is 0 Å². The number of thiophene rings is 1. The van der Waals surface area contributed by atoms with Crippen molar-refractivity contribution in [2.24, 2.45) is 0 Å². The molecule has 2 aromatic heterocycles. The second kappa shape index (κ2) is 4.76. The summed E-state index contributed by atoms with van der Waals surface area (Å²) < 4.78 is 1.09. The lowest BCUT2D eigenvalue weighted by atomic mass is 10.3. The standard InChI is InChI=1S/C11H15N3OS/c1-7-5-16-10-9(7)13-6-14-11(10)12-4-3-8(2)15/h5-6,8,15H,3-4H2,1-2H3,(H,12,13,14). The summed E-state index contributed by atoms with van der Waals surface area (Å²) in [4.78, 5) is 8.48. The van der Waals surface area contributed by atoms with Crippen molar-refractivity contribution < 1.29 is 5.11 Å². The molecule has 0 saturated heterocycles. The van der Waals surface area contributed by atoms with Gasteiger partial charge in [0.15, 0.2) is 0 Å². The van der Waals surface area contributed by atoms with Crippen molar-refractivity contribution in [3.05, 3.63) is 17.3 Å². The van der Waals surface area contributed by atoms with Gasteiger partial charge in [-0.3, -0.25) is 0 Å². The van der Waals surface area contributed by atoms with E-state index in [9.17, 15) is 5.11 Å². The Bertz CT molecular complexity index is 481. The molecule has 1 unspecified atom stereocenters. The fourth-order valence-corrected chi connectivity index (χ4v) is 2.46. The van der Waals surface area contributed by atoms with Crippen LogP contribution in [0.25, 0.3) is 10.2 Å². The molecular weight excluding hydrogens is 222 g/mol. The summed E-state index contributed by atoms with van der Waals surface area (Å²) >= 11 is 1.65. The fourth-order valence-electron chi connectivity index (χ4n) is 1.49. The van der Waals surface area contributed by atoms with E-state index in [1.807, 2.05) is 6.92 Å². The SMILES string of the molecule is Cc1csc2c(NCCC(C)O)ncnc12. The Hall–Kier alpha value is -1.20. The minimum absolute atomic E-state index is 0.283. The summed E-state index contributed by atoms with van der Waals surface area (Å²) in [6, 6.07) is 0. The molecule has 0 aromatic carbocycles. The Balaban J connectivity index is 2.17. The van der Waals surface area contributed by atoms with Crippen molar-refractivity contribution in [3.63, 3.8) is 0 Å². The molecule has 86 valence electrons. The van der Waals surface area contributed by atoms with E-state index in [1.54, 1.807) is 24.6 Å². The third-order valence-electron chi connectivity index (χ3n) is 2.39. The molecular formula is C11H15N3OS.